The van der Waals surface area contributed by atoms with Crippen molar-refractivity contribution < 1.29 is 9.59 Å². The van der Waals surface area contributed by atoms with E-state index in [2.05, 4.69) is 24.1 Å². The largest absolute Gasteiger partial charge is 0.348 e. The molecule has 0 atom stereocenters. The first-order chi connectivity index (χ1) is 15.7. The van der Waals surface area contributed by atoms with Gasteiger partial charge in [0, 0.05) is 36.1 Å². The lowest BCUT2D eigenvalue weighted by atomic mass is 9.84. The molecule has 3 aromatic rings. The zero-order valence-electron chi connectivity index (χ0n) is 19.3. The van der Waals surface area contributed by atoms with Gasteiger partial charge in [-0.2, -0.15) is 0 Å². The molecular weight excluding hydrogens is 436 g/mol. The van der Waals surface area contributed by atoms with Crippen LogP contribution >= 0.6 is 11.8 Å². The number of nitrogens with one attached hydrogen (secondary N) is 1. The fourth-order valence-electron chi connectivity index (χ4n) is 4.11. The van der Waals surface area contributed by atoms with Crippen LogP contribution in [-0.4, -0.2) is 45.6 Å². The number of benzene rings is 1. The van der Waals surface area contributed by atoms with Crippen molar-refractivity contribution in [3.63, 3.8) is 0 Å². The molecular formula is C25H28N4O3S. The molecule has 1 saturated heterocycles. The summed E-state index contributed by atoms with van der Waals surface area (Å²) in [6, 6.07) is 11.3. The van der Waals surface area contributed by atoms with Gasteiger partial charge in [0.15, 0.2) is 0 Å². The van der Waals surface area contributed by atoms with Gasteiger partial charge in [-0.1, -0.05) is 43.7 Å². The normalized spacial score (nSPS) is 14.7. The summed E-state index contributed by atoms with van der Waals surface area (Å²) in [7, 11) is 0. The maximum Gasteiger partial charge on any atom is 0.265 e. The molecule has 1 fully saturated rings. The lowest BCUT2D eigenvalue weighted by molar-refractivity contribution is -0.142. The van der Waals surface area contributed by atoms with Crippen LogP contribution in [-0.2, 0) is 17.9 Å². The predicted octanol–water partition coefficient (Wildman–Crippen LogP) is 3.23. The first-order valence-corrected chi connectivity index (χ1v) is 12.1. The third-order valence-electron chi connectivity index (χ3n) is 5.87. The van der Waals surface area contributed by atoms with Crippen molar-refractivity contribution in [2.45, 2.75) is 38.8 Å². The molecule has 4 rings (SSSR count). The first kappa shape index (κ1) is 23.0. The van der Waals surface area contributed by atoms with Crippen molar-refractivity contribution in [3.8, 4) is 0 Å². The summed E-state index contributed by atoms with van der Waals surface area (Å²) in [5.41, 5.74) is 2.07. The van der Waals surface area contributed by atoms with E-state index in [1.54, 1.807) is 17.2 Å². The second-order valence-electron chi connectivity index (χ2n) is 9.28. The minimum atomic E-state index is -0.511. The first-order valence-electron chi connectivity index (χ1n) is 10.9. The molecule has 0 saturated carbocycles. The van der Waals surface area contributed by atoms with Crippen LogP contribution in [0.25, 0.3) is 11.0 Å². The van der Waals surface area contributed by atoms with E-state index in [1.807, 2.05) is 43.5 Å². The molecule has 8 heteroatoms. The quantitative estimate of drug-likeness (QED) is 0.566. The summed E-state index contributed by atoms with van der Waals surface area (Å²) < 4.78 is 1.34. The van der Waals surface area contributed by atoms with Gasteiger partial charge < -0.3 is 10.2 Å². The summed E-state index contributed by atoms with van der Waals surface area (Å²) in [6.07, 6.45) is 3.55. The number of rotatable bonds is 6. The van der Waals surface area contributed by atoms with Gasteiger partial charge in [-0.05, 0) is 36.3 Å². The summed E-state index contributed by atoms with van der Waals surface area (Å²) in [6.45, 7) is 7.67. The van der Waals surface area contributed by atoms with Crippen LogP contribution in [0.3, 0.4) is 0 Å². The summed E-state index contributed by atoms with van der Waals surface area (Å²) >= 11 is 1.50. The third-order valence-corrected chi connectivity index (χ3v) is 6.67. The van der Waals surface area contributed by atoms with Gasteiger partial charge in [-0.15, -0.1) is 11.8 Å². The van der Waals surface area contributed by atoms with E-state index in [0.717, 1.165) is 16.0 Å². The van der Waals surface area contributed by atoms with Gasteiger partial charge in [-0.3, -0.25) is 19.0 Å². The molecule has 0 aliphatic carbocycles. The predicted molar refractivity (Wildman–Crippen MR) is 130 cm³/mol. The van der Waals surface area contributed by atoms with Gasteiger partial charge in [0.2, 0.25) is 5.91 Å². The molecule has 1 N–H and O–H groups in total. The number of hydrogen-bond donors (Lipinski definition) is 1. The number of thioether (sulfide) groups is 1. The van der Waals surface area contributed by atoms with E-state index in [4.69, 9.17) is 0 Å². The Bertz CT molecular complexity index is 1270. The highest BCUT2D eigenvalue weighted by Crippen LogP contribution is 2.29. The number of nitrogens with zero attached hydrogens (tertiary/aromatic N) is 3. The van der Waals surface area contributed by atoms with E-state index < -0.39 is 11.5 Å². The zero-order valence-corrected chi connectivity index (χ0v) is 20.2. The monoisotopic (exact) mass is 464 g/mol. The van der Waals surface area contributed by atoms with Gasteiger partial charge >= 0.3 is 0 Å². The van der Waals surface area contributed by atoms with Crippen LogP contribution in [0.5, 0.6) is 0 Å². The molecule has 0 spiro atoms. The van der Waals surface area contributed by atoms with Crippen molar-refractivity contribution in [1.29, 1.82) is 0 Å². The van der Waals surface area contributed by atoms with E-state index in [9.17, 15) is 14.4 Å². The molecule has 2 amide bonds. The van der Waals surface area contributed by atoms with Crippen LogP contribution < -0.4 is 10.9 Å². The Morgan fingerprint density at radius 3 is 2.48 bits per heavy atom. The number of likely N-dealkylation sites (tertiary alicyclic amines) is 1. The number of carbonyl (C=O) groups excluding carboxylic acids is 2. The molecule has 2 aromatic heterocycles. The zero-order chi connectivity index (χ0) is 23.8. The molecule has 33 heavy (non-hydrogen) atoms. The Morgan fingerprint density at radius 2 is 1.85 bits per heavy atom. The molecule has 3 heterocycles. The molecule has 1 aliphatic heterocycles. The van der Waals surface area contributed by atoms with Crippen molar-refractivity contribution in [3.05, 3.63) is 69.6 Å². The van der Waals surface area contributed by atoms with Gasteiger partial charge in [0.1, 0.15) is 17.8 Å². The number of fused-ring (bicyclic) bond motifs is 1. The fraction of sp³-hybridized carbons (Fsp3) is 0.360. The fourth-order valence-corrected chi connectivity index (χ4v) is 4.68. The standard InChI is InChI=1S/C25H28N4O3S/c1-16-5-7-17(8-6-16)12-27-23(31)19-11-18-20(33-4)9-10-26-22(18)29(24(19)32)13-21(30)28-14-25(2,3)15-28/h5-11H,12-15H2,1-4H3,(H,27,31). The van der Waals surface area contributed by atoms with Crippen LogP contribution in [0.15, 0.2) is 52.3 Å². The number of hydrogen-bond acceptors (Lipinski definition) is 5. The van der Waals surface area contributed by atoms with Gasteiger partial charge in [-0.25, -0.2) is 4.98 Å². The van der Waals surface area contributed by atoms with Gasteiger partial charge in [0.05, 0.1) is 0 Å². The highest BCUT2D eigenvalue weighted by atomic mass is 32.2. The Morgan fingerprint density at radius 1 is 1.15 bits per heavy atom. The molecule has 0 unspecified atom stereocenters. The van der Waals surface area contributed by atoms with Crippen molar-refractivity contribution in [1.82, 2.24) is 19.8 Å². The Labute approximate surface area is 197 Å². The Hall–Kier alpha value is -3.13. The smallest absolute Gasteiger partial charge is 0.265 e. The maximum atomic E-state index is 13.4. The number of pyridine rings is 2. The summed E-state index contributed by atoms with van der Waals surface area (Å²) in [4.78, 5) is 46.3. The van der Waals surface area contributed by atoms with E-state index in [1.165, 1.54) is 16.3 Å². The third kappa shape index (κ3) is 4.80. The molecule has 7 nitrogen and oxygen atoms in total. The van der Waals surface area contributed by atoms with Crippen molar-refractivity contribution in [2.75, 3.05) is 19.3 Å². The Balaban J connectivity index is 1.68. The van der Waals surface area contributed by atoms with E-state index in [0.29, 0.717) is 30.7 Å². The molecule has 0 bridgehead atoms. The second-order valence-corrected chi connectivity index (χ2v) is 10.1. The van der Waals surface area contributed by atoms with Crippen LogP contribution in [0.1, 0.15) is 35.3 Å². The maximum absolute atomic E-state index is 13.4. The molecule has 0 radical (unpaired) electrons. The lowest BCUT2D eigenvalue weighted by Gasteiger charge is -2.45. The summed E-state index contributed by atoms with van der Waals surface area (Å²) in [5, 5.41) is 3.52. The van der Waals surface area contributed by atoms with Crippen molar-refractivity contribution in [2.24, 2.45) is 5.41 Å². The minimum absolute atomic E-state index is 0.00894. The number of aromatic nitrogens is 2. The number of aryl methyl sites for hydroxylation is 1. The lowest BCUT2D eigenvalue weighted by Crippen LogP contribution is -2.56. The summed E-state index contributed by atoms with van der Waals surface area (Å²) in [5.74, 6) is -0.615. The topological polar surface area (TPSA) is 84.3 Å². The van der Waals surface area contributed by atoms with Crippen LogP contribution in [0.2, 0.25) is 0 Å². The van der Waals surface area contributed by atoms with E-state index >= 15 is 0 Å². The molecule has 172 valence electrons. The Kier molecular flexibility index (Phi) is 6.30. The average Bonchev–Trinajstić information content (AvgIpc) is 2.77. The number of carbonyl (C=O) groups is 2. The highest BCUT2D eigenvalue weighted by molar-refractivity contribution is 7.98. The van der Waals surface area contributed by atoms with E-state index in [-0.39, 0.29) is 23.4 Å². The SMILES string of the molecule is CSc1ccnc2c1cc(C(=O)NCc1ccc(C)cc1)c(=O)n2CC(=O)N1CC(C)(C)C1. The number of amides is 2. The molecule has 1 aliphatic rings. The van der Waals surface area contributed by atoms with Crippen LogP contribution in [0.4, 0.5) is 0 Å². The van der Waals surface area contributed by atoms with Gasteiger partial charge in [0.25, 0.3) is 11.5 Å². The molecule has 1 aromatic carbocycles. The second kappa shape index (κ2) is 9.02. The minimum Gasteiger partial charge on any atom is -0.348 e. The average molecular weight is 465 g/mol. The van der Waals surface area contributed by atoms with Crippen molar-refractivity contribution >= 4 is 34.6 Å². The highest BCUT2D eigenvalue weighted by Gasteiger charge is 2.37. The van der Waals surface area contributed by atoms with Crippen LogP contribution in [0, 0.1) is 12.3 Å².